The van der Waals surface area contributed by atoms with Crippen LogP contribution in [0, 0.1) is 5.92 Å². The summed E-state index contributed by atoms with van der Waals surface area (Å²) in [6.07, 6.45) is 6.81. The molecule has 0 aromatic heterocycles. The average Bonchev–Trinajstić information content (AvgIpc) is 2.39. The highest BCUT2D eigenvalue weighted by Gasteiger charge is 2.22. The summed E-state index contributed by atoms with van der Waals surface area (Å²) in [7, 11) is 0.162. The molecule has 2 rings (SSSR count). The summed E-state index contributed by atoms with van der Waals surface area (Å²) in [6, 6.07) is 8.14. The van der Waals surface area contributed by atoms with Gasteiger partial charge in [0.1, 0.15) is 0 Å². The molecule has 16 heavy (non-hydrogen) atoms. The van der Waals surface area contributed by atoms with E-state index in [0.29, 0.717) is 5.92 Å². The molecule has 1 aromatic carbocycles. The number of hydrogen-bond donors (Lipinski definition) is 0. The maximum absolute atomic E-state index is 11.1. The minimum atomic E-state index is 0.162. The molecular weight excluding hydrogens is 215 g/mol. The molecule has 0 radical (unpaired) electrons. The van der Waals surface area contributed by atoms with Crippen molar-refractivity contribution in [3.05, 3.63) is 29.8 Å². The van der Waals surface area contributed by atoms with Crippen LogP contribution in [-0.4, -0.2) is 0 Å². The maximum atomic E-state index is 11.1. The Morgan fingerprint density at radius 2 is 1.88 bits per heavy atom. The molecule has 0 N–H and O–H groups in total. The first kappa shape index (κ1) is 11.8. The van der Waals surface area contributed by atoms with E-state index in [-0.39, 0.29) is 8.46 Å². The second-order valence-corrected chi connectivity index (χ2v) is 5.50. The summed E-state index contributed by atoms with van der Waals surface area (Å²) in [5, 5.41) is 0.973. The predicted molar refractivity (Wildman–Crippen MR) is 68.7 cm³/mol. The van der Waals surface area contributed by atoms with Gasteiger partial charge in [0.25, 0.3) is 0 Å². The predicted octanol–water partition coefficient (Wildman–Crippen LogP) is 4.29. The van der Waals surface area contributed by atoms with E-state index in [4.69, 9.17) is 0 Å². The van der Waals surface area contributed by atoms with Gasteiger partial charge in [-0.25, -0.2) is 0 Å². The van der Waals surface area contributed by atoms with E-state index in [1.807, 2.05) is 12.1 Å². The largest absolute Gasteiger partial charge is 0.269 e. The van der Waals surface area contributed by atoms with E-state index in [2.05, 4.69) is 19.1 Å². The lowest BCUT2D eigenvalue weighted by molar-refractivity contribution is 0.317. The monoisotopic (exact) mass is 234 g/mol. The lowest BCUT2D eigenvalue weighted by Crippen LogP contribution is -2.17. The molecule has 1 saturated carbocycles. The molecule has 1 atom stereocenters. The molecule has 1 aromatic rings. The van der Waals surface area contributed by atoms with Crippen LogP contribution in [0.1, 0.15) is 50.5 Å². The van der Waals surface area contributed by atoms with Gasteiger partial charge < -0.3 is 0 Å². The Morgan fingerprint density at radius 1 is 1.19 bits per heavy atom. The van der Waals surface area contributed by atoms with Crippen LogP contribution in [0.2, 0.25) is 0 Å². The number of hydrogen-bond acceptors (Lipinski definition) is 1. The minimum absolute atomic E-state index is 0.162. The second-order valence-electron chi connectivity index (χ2n) is 4.84. The highest BCUT2D eigenvalue weighted by atomic mass is 31.1. The van der Waals surface area contributed by atoms with Gasteiger partial charge in [-0.2, -0.15) is 0 Å². The highest BCUT2D eigenvalue weighted by molar-refractivity contribution is 7.34. The van der Waals surface area contributed by atoms with E-state index in [0.717, 1.165) is 11.2 Å². The molecule has 1 unspecified atom stereocenters. The Bertz CT molecular complexity index is 356. The highest BCUT2D eigenvalue weighted by Crippen LogP contribution is 2.35. The molecule has 0 heterocycles. The molecule has 0 saturated heterocycles. The fourth-order valence-corrected chi connectivity index (χ4v) is 3.37. The summed E-state index contributed by atoms with van der Waals surface area (Å²) in [4.78, 5) is 0. The smallest absolute Gasteiger partial charge is 0.192 e. The van der Waals surface area contributed by atoms with Crippen molar-refractivity contribution in [2.45, 2.75) is 44.9 Å². The van der Waals surface area contributed by atoms with Crippen molar-refractivity contribution in [1.82, 2.24) is 0 Å². The fraction of sp³-hybridized carbons (Fsp3) is 0.571. The van der Waals surface area contributed by atoms with Crippen molar-refractivity contribution in [2.24, 2.45) is 5.92 Å². The Labute approximate surface area is 99.5 Å². The Kier molecular flexibility index (Phi) is 4.12. The van der Waals surface area contributed by atoms with E-state index in [1.165, 1.54) is 37.7 Å². The molecule has 1 aliphatic carbocycles. The van der Waals surface area contributed by atoms with Crippen molar-refractivity contribution in [2.75, 3.05) is 0 Å². The Balaban J connectivity index is 2.18. The van der Waals surface area contributed by atoms with Crippen molar-refractivity contribution < 1.29 is 4.57 Å². The second kappa shape index (κ2) is 5.59. The topological polar surface area (TPSA) is 17.1 Å². The van der Waals surface area contributed by atoms with Gasteiger partial charge >= 0.3 is 0 Å². The molecule has 2 heteroatoms. The zero-order valence-electron chi connectivity index (χ0n) is 9.86. The van der Waals surface area contributed by atoms with E-state index in [9.17, 15) is 4.57 Å². The third-order valence-electron chi connectivity index (χ3n) is 3.88. The van der Waals surface area contributed by atoms with Gasteiger partial charge in [-0.15, -0.1) is 0 Å². The normalized spacial score (nSPS) is 19.8. The molecule has 1 aliphatic rings. The lowest BCUT2D eigenvalue weighted by atomic mass is 9.78. The van der Waals surface area contributed by atoms with E-state index in [1.54, 1.807) is 0 Å². The van der Waals surface area contributed by atoms with Crippen LogP contribution in [-0.2, 0) is 4.57 Å². The van der Waals surface area contributed by atoms with Gasteiger partial charge in [0.2, 0.25) is 0 Å². The van der Waals surface area contributed by atoms with Crippen LogP contribution in [0.3, 0.4) is 0 Å². The molecule has 0 amide bonds. The quantitative estimate of drug-likeness (QED) is 0.713. The summed E-state index contributed by atoms with van der Waals surface area (Å²) < 4.78 is 11.1. The van der Waals surface area contributed by atoms with Crippen molar-refractivity contribution >= 4 is 13.8 Å². The first-order chi connectivity index (χ1) is 7.83. The summed E-state index contributed by atoms with van der Waals surface area (Å²) >= 11 is 0. The van der Waals surface area contributed by atoms with Crippen LogP contribution >= 0.6 is 8.46 Å². The fourth-order valence-electron chi connectivity index (χ4n) is 2.84. The zero-order chi connectivity index (χ0) is 11.4. The molecule has 1 nitrogen and oxygen atoms in total. The van der Waals surface area contributed by atoms with Crippen LogP contribution in [0.15, 0.2) is 24.3 Å². The maximum Gasteiger partial charge on any atom is 0.192 e. The summed E-state index contributed by atoms with van der Waals surface area (Å²) in [5.74, 6) is 1.34. The molecule has 1 fully saturated rings. The van der Waals surface area contributed by atoms with Crippen LogP contribution in [0.5, 0.6) is 0 Å². The first-order valence-corrected chi connectivity index (χ1v) is 7.06. The van der Waals surface area contributed by atoms with Crippen molar-refractivity contribution in [3.8, 4) is 0 Å². The number of benzene rings is 1. The molecule has 0 bridgehead atoms. The van der Waals surface area contributed by atoms with Crippen LogP contribution in [0.4, 0.5) is 0 Å². The third kappa shape index (κ3) is 2.52. The van der Waals surface area contributed by atoms with Gasteiger partial charge in [-0.3, -0.25) is 4.57 Å². The minimum Gasteiger partial charge on any atom is -0.269 e. The molecule has 0 spiro atoms. The Hall–Kier alpha value is -0.680. The van der Waals surface area contributed by atoms with Gasteiger partial charge in [0.15, 0.2) is 8.46 Å². The SMILES string of the molecule is CC(c1ccccc1P=O)C1CCCCC1. The van der Waals surface area contributed by atoms with Crippen LogP contribution < -0.4 is 5.30 Å². The average molecular weight is 234 g/mol. The number of rotatable bonds is 3. The molecule has 86 valence electrons. The zero-order valence-corrected chi connectivity index (χ0v) is 10.7. The third-order valence-corrected chi connectivity index (χ3v) is 4.49. The first-order valence-electron chi connectivity index (χ1n) is 6.25. The standard InChI is InChI=1S/C14H19OP/c1-11(12-7-3-2-4-8-12)13-9-5-6-10-14(13)16-15/h5-6,9-12H,2-4,7-8H2,1H3. The summed E-state index contributed by atoms with van der Waals surface area (Å²) in [5.41, 5.74) is 1.28. The molecular formula is C14H19OP. The lowest BCUT2D eigenvalue weighted by Gasteiger charge is -2.28. The van der Waals surface area contributed by atoms with Gasteiger partial charge in [0, 0.05) is 5.30 Å². The summed E-state index contributed by atoms with van der Waals surface area (Å²) in [6.45, 7) is 2.29. The Morgan fingerprint density at radius 3 is 2.56 bits per heavy atom. The molecule has 0 aliphatic heterocycles. The van der Waals surface area contributed by atoms with Gasteiger partial charge in [-0.1, -0.05) is 44.4 Å². The van der Waals surface area contributed by atoms with Gasteiger partial charge in [-0.05, 0) is 36.3 Å². The van der Waals surface area contributed by atoms with Crippen LogP contribution in [0.25, 0.3) is 0 Å². The van der Waals surface area contributed by atoms with E-state index < -0.39 is 0 Å². The van der Waals surface area contributed by atoms with Gasteiger partial charge in [0.05, 0.1) is 0 Å². The van der Waals surface area contributed by atoms with E-state index >= 15 is 0 Å². The van der Waals surface area contributed by atoms with Crippen molar-refractivity contribution in [3.63, 3.8) is 0 Å². The van der Waals surface area contributed by atoms with Crippen molar-refractivity contribution in [1.29, 1.82) is 0 Å².